The summed E-state index contributed by atoms with van der Waals surface area (Å²) in [5.41, 5.74) is 0. The van der Waals surface area contributed by atoms with Gasteiger partial charge in [-0.25, -0.2) is 0 Å². The van der Waals surface area contributed by atoms with Gasteiger partial charge in [-0.1, -0.05) is 33.6 Å². The molecule has 78 valence electrons. The summed E-state index contributed by atoms with van der Waals surface area (Å²) in [4.78, 5) is 0. The summed E-state index contributed by atoms with van der Waals surface area (Å²) < 4.78 is 5.92. The molecule has 1 rings (SSSR count). The van der Waals surface area contributed by atoms with E-state index < -0.39 is 0 Å². The van der Waals surface area contributed by atoms with Crippen molar-refractivity contribution >= 4 is 0 Å². The second-order valence-electron chi connectivity index (χ2n) is 4.60. The standard InChI is InChI=1S/C12H24O/c1-4-5-9-13-12-8-6-7-11(12)10(2)3/h10-12H,4-9H2,1-3H3. The first-order valence-corrected chi connectivity index (χ1v) is 5.87. The molecule has 0 amide bonds. The molecule has 0 aromatic carbocycles. The van der Waals surface area contributed by atoms with Gasteiger partial charge in [-0.3, -0.25) is 0 Å². The molecule has 13 heavy (non-hydrogen) atoms. The van der Waals surface area contributed by atoms with Crippen molar-refractivity contribution in [2.45, 2.75) is 59.0 Å². The Labute approximate surface area is 82.9 Å². The summed E-state index contributed by atoms with van der Waals surface area (Å²) in [7, 11) is 0. The third-order valence-corrected chi connectivity index (χ3v) is 3.19. The number of ether oxygens (including phenoxy) is 1. The van der Waals surface area contributed by atoms with Crippen LogP contribution in [0.2, 0.25) is 0 Å². The van der Waals surface area contributed by atoms with Crippen molar-refractivity contribution in [3.63, 3.8) is 0 Å². The summed E-state index contributed by atoms with van der Waals surface area (Å²) in [5.74, 6) is 1.63. The zero-order valence-corrected chi connectivity index (χ0v) is 9.38. The molecule has 1 nitrogen and oxygen atoms in total. The van der Waals surface area contributed by atoms with Crippen LogP contribution in [0.3, 0.4) is 0 Å². The molecule has 1 fully saturated rings. The van der Waals surface area contributed by atoms with Crippen LogP contribution in [0, 0.1) is 11.8 Å². The molecule has 0 saturated heterocycles. The molecule has 0 bridgehead atoms. The number of hydrogen-bond donors (Lipinski definition) is 0. The highest BCUT2D eigenvalue weighted by Crippen LogP contribution is 2.33. The van der Waals surface area contributed by atoms with Gasteiger partial charge in [-0.15, -0.1) is 0 Å². The van der Waals surface area contributed by atoms with Crippen LogP contribution in [-0.4, -0.2) is 12.7 Å². The SMILES string of the molecule is CCCCOC1CCCC1C(C)C. The third-order valence-electron chi connectivity index (χ3n) is 3.19. The van der Waals surface area contributed by atoms with Gasteiger partial charge in [-0.05, 0) is 31.1 Å². The average Bonchev–Trinajstić information content (AvgIpc) is 2.53. The molecule has 2 unspecified atom stereocenters. The Morgan fingerprint density at radius 1 is 1.31 bits per heavy atom. The monoisotopic (exact) mass is 184 g/mol. The first kappa shape index (κ1) is 11.0. The van der Waals surface area contributed by atoms with Gasteiger partial charge in [0, 0.05) is 6.61 Å². The van der Waals surface area contributed by atoms with Crippen molar-refractivity contribution < 1.29 is 4.74 Å². The fraction of sp³-hybridized carbons (Fsp3) is 1.00. The zero-order chi connectivity index (χ0) is 9.68. The van der Waals surface area contributed by atoms with E-state index in [0.717, 1.165) is 18.4 Å². The summed E-state index contributed by atoms with van der Waals surface area (Å²) in [6, 6.07) is 0. The van der Waals surface area contributed by atoms with Crippen LogP contribution < -0.4 is 0 Å². The predicted octanol–water partition coefficient (Wildman–Crippen LogP) is 3.63. The molecule has 1 aliphatic rings. The average molecular weight is 184 g/mol. The quantitative estimate of drug-likeness (QED) is 0.593. The molecule has 0 heterocycles. The maximum absolute atomic E-state index is 5.92. The zero-order valence-electron chi connectivity index (χ0n) is 9.38. The Bertz CT molecular complexity index is 131. The van der Waals surface area contributed by atoms with Gasteiger partial charge in [-0.2, -0.15) is 0 Å². The van der Waals surface area contributed by atoms with E-state index in [2.05, 4.69) is 20.8 Å². The van der Waals surface area contributed by atoms with Crippen LogP contribution in [0.4, 0.5) is 0 Å². The van der Waals surface area contributed by atoms with Crippen LogP contribution in [0.1, 0.15) is 52.9 Å². The van der Waals surface area contributed by atoms with E-state index in [1.165, 1.54) is 32.1 Å². The van der Waals surface area contributed by atoms with Crippen LogP contribution in [-0.2, 0) is 4.74 Å². The fourth-order valence-electron chi connectivity index (χ4n) is 2.30. The van der Waals surface area contributed by atoms with Gasteiger partial charge < -0.3 is 4.74 Å². The van der Waals surface area contributed by atoms with Crippen molar-refractivity contribution in [1.29, 1.82) is 0 Å². The van der Waals surface area contributed by atoms with Crippen molar-refractivity contribution in [3.8, 4) is 0 Å². The van der Waals surface area contributed by atoms with E-state index in [-0.39, 0.29) is 0 Å². The highest BCUT2D eigenvalue weighted by molar-refractivity contribution is 4.80. The minimum Gasteiger partial charge on any atom is -0.378 e. The molecule has 1 saturated carbocycles. The molecule has 1 heteroatoms. The van der Waals surface area contributed by atoms with Crippen molar-refractivity contribution in [2.75, 3.05) is 6.61 Å². The van der Waals surface area contributed by atoms with Gasteiger partial charge in [0.2, 0.25) is 0 Å². The number of hydrogen-bond acceptors (Lipinski definition) is 1. The maximum Gasteiger partial charge on any atom is 0.0605 e. The minimum absolute atomic E-state index is 0.576. The Kier molecular flexibility index (Phi) is 4.79. The maximum atomic E-state index is 5.92. The largest absolute Gasteiger partial charge is 0.378 e. The molecule has 1 aliphatic carbocycles. The second kappa shape index (κ2) is 5.64. The van der Waals surface area contributed by atoms with Gasteiger partial charge >= 0.3 is 0 Å². The topological polar surface area (TPSA) is 9.23 Å². The first-order chi connectivity index (χ1) is 6.25. The van der Waals surface area contributed by atoms with E-state index in [9.17, 15) is 0 Å². The molecule has 0 aromatic rings. The minimum atomic E-state index is 0.576. The summed E-state index contributed by atoms with van der Waals surface area (Å²) in [5, 5.41) is 0. The predicted molar refractivity (Wildman–Crippen MR) is 56.8 cm³/mol. The van der Waals surface area contributed by atoms with Gasteiger partial charge in [0.05, 0.1) is 6.10 Å². The number of unbranched alkanes of at least 4 members (excludes halogenated alkanes) is 1. The Morgan fingerprint density at radius 2 is 2.08 bits per heavy atom. The molecule has 0 radical (unpaired) electrons. The first-order valence-electron chi connectivity index (χ1n) is 5.87. The van der Waals surface area contributed by atoms with Crippen molar-refractivity contribution in [2.24, 2.45) is 11.8 Å². The fourth-order valence-corrected chi connectivity index (χ4v) is 2.30. The molecule has 2 atom stereocenters. The van der Waals surface area contributed by atoms with Gasteiger partial charge in [0.15, 0.2) is 0 Å². The van der Waals surface area contributed by atoms with Crippen LogP contribution in [0.15, 0.2) is 0 Å². The van der Waals surface area contributed by atoms with Crippen molar-refractivity contribution in [3.05, 3.63) is 0 Å². The molecule has 0 N–H and O–H groups in total. The molecule has 0 aromatic heterocycles. The Morgan fingerprint density at radius 3 is 2.69 bits per heavy atom. The highest BCUT2D eigenvalue weighted by atomic mass is 16.5. The lowest BCUT2D eigenvalue weighted by atomic mass is 9.92. The van der Waals surface area contributed by atoms with Crippen LogP contribution in [0.5, 0.6) is 0 Å². The van der Waals surface area contributed by atoms with Gasteiger partial charge in [0.1, 0.15) is 0 Å². The lowest BCUT2D eigenvalue weighted by Gasteiger charge is -2.23. The van der Waals surface area contributed by atoms with Crippen LogP contribution >= 0.6 is 0 Å². The van der Waals surface area contributed by atoms with E-state index in [0.29, 0.717) is 6.10 Å². The Hall–Kier alpha value is -0.0400. The summed E-state index contributed by atoms with van der Waals surface area (Å²) in [6.45, 7) is 7.85. The lowest BCUT2D eigenvalue weighted by molar-refractivity contribution is 0.0133. The molecule has 0 spiro atoms. The number of rotatable bonds is 5. The Balaban J connectivity index is 2.23. The molecular weight excluding hydrogens is 160 g/mol. The van der Waals surface area contributed by atoms with E-state index in [1.807, 2.05) is 0 Å². The van der Waals surface area contributed by atoms with E-state index in [1.54, 1.807) is 0 Å². The normalized spacial score (nSPS) is 28.6. The summed E-state index contributed by atoms with van der Waals surface area (Å²) in [6.07, 6.45) is 7.10. The highest BCUT2D eigenvalue weighted by Gasteiger charge is 2.29. The summed E-state index contributed by atoms with van der Waals surface area (Å²) >= 11 is 0. The lowest BCUT2D eigenvalue weighted by Crippen LogP contribution is -2.23. The smallest absolute Gasteiger partial charge is 0.0605 e. The third kappa shape index (κ3) is 3.30. The molecular formula is C12H24O. The van der Waals surface area contributed by atoms with Crippen LogP contribution in [0.25, 0.3) is 0 Å². The van der Waals surface area contributed by atoms with Gasteiger partial charge in [0.25, 0.3) is 0 Å². The van der Waals surface area contributed by atoms with Crippen molar-refractivity contribution in [1.82, 2.24) is 0 Å². The van der Waals surface area contributed by atoms with E-state index >= 15 is 0 Å². The second-order valence-corrected chi connectivity index (χ2v) is 4.60. The molecule has 0 aliphatic heterocycles. The van der Waals surface area contributed by atoms with E-state index in [4.69, 9.17) is 4.74 Å².